The summed E-state index contributed by atoms with van der Waals surface area (Å²) in [4.78, 5) is 13.4. The molecule has 1 rings (SSSR count). The Bertz CT molecular complexity index is 363. The maximum Gasteiger partial charge on any atom is 0.167 e. The predicted octanol–water partition coefficient (Wildman–Crippen LogP) is 3.16. The second kappa shape index (κ2) is 4.10. The number of carbonyl (C=O) groups is 1. The summed E-state index contributed by atoms with van der Waals surface area (Å²) in [6.45, 7) is 5.51. The minimum absolute atomic E-state index is 0.393. The van der Waals surface area contributed by atoms with E-state index in [0.29, 0.717) is 17.0 Å². The van der Waals surface area contributed by atoms with Crippen LogP contribution in [0.5, 0.6) is 0 Å². The van der Waals surface area contributed by atoms with Crippen LogP contribution >= 0.6 is 11.6 Å². The van der Waals surface area contributed by atoms with Crippen molar-refractivity contribution < 1.29 is 4.79 Å². The molecular formula is C10H10ClNO. The first-order valence-electron chi connectivity index (χ1n) is 3.86. The molecule has 13 heavy (non-hydrogen) atoms. The highest BCUT2D eigenvalue weighted by Gasteiger charge is 2.10. The van der Waals surface area contributed by atoms with Gasteiger partial charge in [0.05, 0.1) is 10.7 Å². The van der Waals surface area contributed by atoms with Gasteiger partial charge in [0.25, 0.3) is 0 Å². The summed E-state index contributed by atoms with van der Waals surface area (Å²) in [6, 6.07) is 0. The molecule has 0 atom stereocenters. The van der Waals surface area contributed by atoms with Crippen LogP contribution in [0, 0.1) is 0 Å². The highest BCUT2D eigenvalue weighted by molar-refractivity contribution is 6.34. The molecule has 0 unspecified atom stereocenters. The van der Waals surface area contributed by atoms with Gasteiger partial charge in [-0.15, -0.1) is 0 Å². The van der Waals surface area contributed by atoms with E-state index in [1.807, 2.05) is 19.1 Å². The number of hydrogen-bond donors (Lipinski definition) is 1. The van der Waals surface area contributed by atoms with Gasteiger partial charge < -0.3 is 4.98 Å². The van der Waals surface area contributed by atoms with Gasteiger partial charge in [-0.2, -0.15) is 0 Å². The Kier molecular flexibility index (Phi) is 3.09. The zero-order valence-electron chi connectivity index (χ0n) is 7.30. The van der Waals surface area contributed by atoms with Crippen LogP contribution in [0.4, 0.5) is 0 Å². The SMILES string of the molecule is C=Cc1[nH]c(C=O)c(Cl)c1/C=C\C. The molecule has 1 aromatic heterocycles. The number of carbonyl (C=O) groups excluding carboxylic acids is 1. The van der Waals surface area contributed by atoms with E-state index in [0.717, 1.165) is 11.3 Å². The monoisotopic (exact) mass is 195 g/mol. The number of nitrogens with one attached hydrogen (secondary N) is 1. The van der Waals surface area contributed by atoms with Crippen molar-refractivity contribution in [3.05, 3.63) is 34.6 Å². The smallest absolute Gasteiger partial charge is 0.167 e. The van der Waals surface area contributed by atoms with E-state index in [9.17, 15) is 4.79 Å². The Balaban J connectivity index is 3.36. The first-order valence-corrected chi connectivity index (χ1v) is 4.24. The summed E-state index contributed by atoms with van der Waals surface area (Å²) < 4.78 is 0. The van der Waals surface area contributed by atoms with E-state index >= 15 is 0 Å². The quantitative estimate of drug-likeness (QED) is 0.739. The zero-order valence-corrected chi connectivity index (χ0v) is 8.06. The molecule has 0 fully saturated rings. The van der Waals surface area contributed by atoms with Crippen LogP contribution in [-0.4, -0.2) is 11.3 Å². The van der Waals surface area contributed by atoms with Crippen molar-refractivity contribution >= 4 is 30.0 Å². The fourth-order valence-corrected chi connectivity index (χ4v) is 1.36. The molecule has 0 aromatic carbocycles. The number of halogens is 1. The maximum absolute atomic E-state index is 10.5. The fourth-order valence-electron chi connectivity index (χ4n) is 1.10. The summed E-state index contributed by atoms with van der Waals surface area (Å²) in [6.07, 6.45) is 6.02. The van der Waals surface area contributed by atoms with E-state index < -0.39 is 0 Å². The van der Waals surface area contributed by atoms with Crippen molar-refractivity contribution in [3.63, 3.8) is 0 Å². The van der Waals surface area contributed by atoms with Crippen molar-refractivity contribution in [1.82, 2.24) is 4.98 Å². The third-order valence-electron chi connectivity index (χ3n) is 1.69. The largest absolute Gasteiger partial charge is 0.351 e. The minimum atomic E-state index is 0.393. The van der Waals surface area contributed by atoms with Crippen molar-refractivity contribution in [1.29, 1.82) is 0 Å². The maximum atomic E-state index is 10.5. The van der Waals surface area contributed by atoms with E-state index in [4.69, 9.17) is 11.6 Å². The molecule has 0 amide bonds. The van der Waals surface area contributed by atoms with Gasteiger partial charge in [0.15, 0.2) is 6.29 Å². The Labute approximate surface area is 81.9 Å². The van der Waals surface area contributed by atoms with Gasteiger partial charge >= 0.3 is 0 Å². The number of hydrogen-bond acceptors (Lipinski definition) is 1. The van der Waals surface area contributed by atoms with Gasteiger partial charge in [-0.05, 0) is 13.0 Å². The summed E-state index contributed by atoms with van der Waals surface area (Å²) in [7, 11) is 0. The van der Waals surface area contributed by atoms with Crippen molar-refractivity contribution in [2.24, 2.45) is 0 Å². The first kappa shape index (κ1) is 9.81. The van der Waals surface area contributed by atoms with Crippen LogP contribution in [0.3, 0.4) is 0 Å². The molecule has 68 valence electrons. The second-order valence-corrected chi connectivity index (χ2v) is 2.88. The Morgan fingerprint density at radius 2 is 2.15 bits per heavy atom. The molecule has 3 heteroatoms. The van der Waals surface area contributed by atoms with Gasteiger partial charge in [-0.1, -0.05) is 30.3 Å². The van der Waals surface area contributed by atoms with E-state index in [1.165, 1.54) is 0 Å². The number of aromatic nitrogens is 1. The lowest BCUT2D eigenvalue weighted by Gasteiger charge is -1.90. The number of rotatable bonds is 3. The van der Waals surface area contributed by atoms with Crippen molar-refractivity contribution in [2.75, 3.05) is 0 Å². The average molecular weight is 196 g/mol. The second-order valence-electron chi connectivity index (χ2n) is 2.50. The summed E-state index contributed by atoms with van der Waals surface area (Å²) in [5.41, 5.74) is 1.97. The van der Waals surface area contributed by atoms with E-state index in [1.54, 1.807) is 6.08 Å². The van der Waals surface area contributed by atoms with Gasteiger partial charge in [-0.3, -0.25) is 4.79 Å². The fraction of sp³-hybridized carbons (Fsp3) is 0.100. The third kappa shape index (κ3) is 1.73. The molecule has 0 aliphatic heterocycles. The number of aldehydes is 1. The lowest BCUT2D eigenvalue weighted by molar-refractivity contribution is 0.111. The number of aromatic amines is 1. The minimum Gasteiger partial charge on any atom is -0.351 e. The molecule has 2 nitrogen and oxygen atoms in total. The number of allylic oxidation sites excluding steroid dienone is 1. The lowest BCUT2D eigenvalue weighted by Crippen LogP contribution is -1.78. The highest BCUT2D eigenvalue weighted by Crippen LogP contribution is 2.25. The van der Waals surface area contributed by atoms with E-state index in [2.05, 4.69) is 11.6 Å². The van der Waals surface area contributed by atoms with Crippen LogP contribution in [0.25, 0.3) is 12.2 Å². The van der Waals surface area contributed by atoms with Crippen molar-refractivity contribution in [2.45, 2.75) is 6.92 Å². The summed E-state index contributed by atoms with van der Waals surface area (Å²) >= 11 is 5.93. The highest BCUT2D eigenvalue weighted by atomic mass is 35.5. The first-order chi connectivity index (χ1) is 6.24. The van der Waals surface area contributed by atoms with Gasteiger partial charge in [-0.25, -0.2) is 0 Å². The number of H-pyrrole nitrogens is 1. The zero-order chi connectivity index (χ0) is 9.84. The standard InChI is InChI=1S/C10H10ClNO/c1-3-5-7-8(4-2)12-9(6-13)10(7)11/h3-6,12H,2H2,1H3/b5-3-. The lowest BCUT2D eigenvalue weighted by atomic mass is 10.2. The van der Waals surface area contributed by atoms with Crippen LogP contribution in [-0.2, 0) is 0 Å². The van der Waals surface area contributed by atoms with E-state index in [-0.39, 0.29) is 0 Å². The predicted molar refractivity (Wildman–Crippen MR) is 56.0 cm³/mol. The molecule has 0 aliphatic carbocycles. The molecule has 1 heterocycles. The molecule has 0 aliphatic rings. The van der Waals surface area contributed by atoms with Crippen molar-refractivity contribution in [3.8, 4) is 0 Å². The van der Waals surface area contributed by atoms with Gasteiger partial charge in [0.2, 0.25) is 0 Å². The Hall–Kier alpha value is -1.28. The third-order valence-corrected chi connectivity index (χ3v) is 2.09. The molecule has 0 radical (unpaired) electrons. The summed E-state index contributed by atoms with van der Waals surface area (Å²) in [5.74, 6) is 0. The Morgan fingerprint density at radius 3 is 2.62 bits per heavy atom. The molecule has 0 bridgehead atoms. The van der Waals surface area contributed by atoms with Crippen LogP contribution < -0.4 is 0 Å². The Morgan fingerprint density at radius 1 is 1.46 bits per heavy atom. The molecule has 0 saturated heterocycles. The van der Waals surface area contributed by atoms with Crippen LogP contribution in [0.15, 0.2) is 12.7 Å². The summed E-state index contributed by atoms with van der Waals surface area (Å²) in [5, 5.41) is 0.447. The van der Waals surface area contributed by atoms with Gasteiger partial charge in [0.1, 0.15) is 0 Å². The molecule has 1 aromatic rings. The topological polar surface area (TPSA) is 32.9 Å². The van der Waals surface area contributed by atoms with Crippen LogP contribution in [0.1, 0.15) is 28.7 Å². The average Bonchev–Trinajstić information content (AvgIpc) is 2.45. The molecule has 0 saturated carbocycles. The van der Waals surface area contributed by atoms with Crippen LogP contribution in [0.2, 0.25) is 5.02 Å². The normalized spacial score (nSPS) is 10.6. The molecule has 1 N–H and O–H groups in total. The van der Waals surface area contributed by atoms with Gasteiger partial charge in [0, 0.05) is 11.3 Å². The molecular weight excluding hydrogens is 186 g/mol. The molecule has 0 spiro atoms.